The molecule has 6 heteroatoms. The smallest absolute Gasteiger partial charge is 0.483 e. The zero-order valence-electron chi connectivity index (χ0n) is 11.9. The molecule has 0 spiro atoms. The number of carbonyl (C=O) groups excluding carboxylic acids is 1. The minimum absolute atomic E-state index is 0. The summed E-state index contributed by atoms with van der Waals surface area (Å²) in [5.41, 5.74) is -0.553. The van der Waals surface area contributed by atoms with Gasteiger partial charge in [0, 0.05) is 6.54 Å². The Hall–Kier alpha value is -0.637. The van der Waals surface area contributed by atoms with Crippen molar-refractivity contribution in [3.05, 3.63) is 13.8 Å². The molecule has 0 saturated carbocycles. The van der Waals surface area contributed by atoms with Crippen LogP contribution in [0.25, 0.3) is 0 Å². The Bertz CT molecular complexity index is 340. The Balaban J connectivity index is 0.00000324. The minimum Gasteiger partial charge on any atom is -0.483 e. The number of amides is 1. The van der Waals surface area contributed by atoms with Gasteiger partial charge in [-0.1, -0.05) is 11.8 Å². The molecule has 1 heterocycles. The zero-order valence-corrected chi connectivity index (χ0v) is 14.9. The molecule has 3 atom stereocenters. The van der Waals surface area contributed by atoms with Gasteiger partial charge in [0.05, 0.1) is 0 Å². The molecule has 0 aromatic carbocycles. The molecule has 19 heavy (non-hydrogen) atoms. The quantitative estimate of drug-likeness (QED) is 0.623. The first-order valence-electron chi connectivity index (χ1n) is 5.98. The molecule has 1 aliphatic heterocycles. The van der Waals surface area contributed by atoms with Crippen LogP contribution in [-0.4, -0.2) is 40.8 Å². The maximum atomic E-state index is 11.9. The van der Waals surface area contributed by atoms with E-state index < -0.39 is 23.6 Å². The molecule has 1 fully saturated rings. The number of nitrogens with zero attached hydrogens (tertiary/aromatic N) is 1. The molecule has 1 saturated heterocycles. The first-order chi connectivity index (χ1) is 8.11. The summed E-state index contributed by atoms with van der Waals surface area (Å²) in [6, 6.07) is 0. The van der Waals surface area contributed by atoms with Crippen LogP contribution in [0.5, 0.6) is 0 Å². The second-order valence-corrected chi connectivity index (χ2v) is 5.75. The summed E-state index contributed by atoms with van der Waals surface area (Å²) in [6.07, 6.45) is -0.420. The second kappa shape index (κ2) is 6.69. The normalized spacial score (nSPS) is 24.6. The zero-order chi connectivity index (χ0) is 14.1. The molecular formula is C13H21NO4Zn. The van der Waals surface area contributed by atoms with Crippen LogP contribution in [0.15, 0.2) is 0 Å². The van der Waals surface area contributed by atoms with E-state index in [1.807, 2.05) is 0 Å². The molecule has 5 nitrogen and oxygen atoms in total. The van der Waals surface area contributed by atoms with Gasteiger partial charge < -0.3 is 28.6 Å². The molecule has 0 aromatic heterocycles. The third-order valence-electron chi connectivity index (χ3n) is 2.98. The maximum Gasteiger partial charge on any atom is 2.00 e. The number of likely N-dealkylation sites (tertiary alicyclic amines) is 1. The fourth-order valence-electron chi connectivity index (χ4n) is 2.01. The molecule has 1 rings (SSSR count). The van der Waals surface area contributed by atoms with Gasteiger partial charge in [-0.05, 0) is 27.3 Å². The van der Waals surface area contributed by atoms with Crippen LogP contribution in [-0.2, 0) is 29.0 Å². The first-order valence-corrected chi connectivity index (χ1v) is 5.98. The summed E-state index contributed by atoms with van der Waals surface area (Å²) in [4.78, 5) is 24.3. The van der Waals surface area contributed by atoms with Gasteiger partial charge >= 0.3 is 25.6 Å². The SMILES string of the molecule is [CH2-]C1CN(C(=O)OC(C)(C)C)CC1C([CH2-])C(=O)O.[Zn+2]. The number of hydrogen-bond donors (Lipinski definition) is 1. The monoisotopic (exact) mass is 319 g/mol. The van der Waals surface area contributed by atoms with Gasteiger partial charge in [-0.15, -0.1) is 5.92 Å². The molecule has 0 radical (unpaired) electrons. The van der Waals surface area contributed by atoms with Crippen LogP contribution in [0.1, 0.15) is 20.8 Å². The summed E-state index contributed by atoms with van der Waals surface area (Å²) in [6.45, 7) is 13.7. The number of ether oxygens (including phenoxy) is 1. The van der Waals surface area contributed by atoms with Crippen molar-refractivity contribution in [3.8, 4) is 0 Å². The Morgan fingerprint density at radius 1 is 1.37 bits per heavy atom. The van der Waals surface area contributed by atoms with E-state index >= 15 is 0 Å². The van der Waals surface area contributed by atoms with Gasteiger partial charge in [-0.3, -0.25) is 4.79 Å². The Morgan fingerprint density at radius 3 is 2.32 bits per heavy atom. The molecule has 3 unspecified atom stereocenters. The van der Waals surface area contributed by atoms with E-state index in [1.165, 1.54) is 4.90 Å². The van der Waals surface area contributed by atoms with E-state index in [9.17, 15) is 9.59 Å². The largest absolute Gasteiger partial charge is 2.00 e. The molecule has 1 amide bonds. The molecule has 1 aliphatic rings. The first kappa shape index (κ1) is 18.4. The number of carbonyl (C=O) groups is 2. The minimum atomic E-state index is -0.959. The fourth-order valence-corrected chi connectivity index (χ4v) is 2.01. The van der Waals surface area contributed by atoms with Gasteiger partial charge in [0.2, 0.25) is 0 Å². The molecular weight excluding hydrogens is 300 g/mol. The molecule has 1 N–H and O–H groups in total. The van der Waals surface area contributed by atoms with Crippen molar-refractivity contribution in [1.82, 2.24) is 4.90 Å². The summed E-state index contributed by atoms with van der Waals surface area (Å²) in [7, 11) is 0. The standard InChI is InChI=1S/C13H21NO4.Zn/c1-8-6-14(12(17)18-13(3,4)5)7-10(8)9(2)11(15)16;/h8-10H,1-2,6-7H2,3-5H3,(H,15,16);/q-2;+2. The van der Waals surface area contributed by atoms with E-state index in [2.05, 4.69) is 13.8 Å². The fraction of sp³-hybridized carbons (Fsp3) is 0.692. The van der Waals surface area contributed by atoms with Crippen LogP contribution >= 0.6 is 0 Å². The van der Waals surface area contributed by atoms with Crippen LogP contribution < -0.4 is 0 Å². The van der Waals surface area contributed by atoms with Crippen molar-refractivity contribution < 1.29 is 38.9 Å². The van der Waals surface area contributed by atoms with E-state index in [4.69, 9.17) is 9.84 Å². The number of carboxylic acids is 1. The van der Waals surface area contributed by atoms with Crippen LogP contribution in [0.4, 0.5) is 4.79 Å². The summed E-state index contributed by atoms with van der Waals surface area (Å²) >= 11 is 0. The van der Waals surface area contributed by atoms with Gasteiger partial charge in [-0.2, -0.15) is 0 Å². The van der Waals surface area contributed by atoms with Crippen LogP contribution in [0.2, 0.25) is 0 Å². The Labute approximate surface area is 127 Å². The average Bonchev–Trinajstić information content (AvgIpc) is 2.56. The van der Waals surface area contributed by atoms with Crippen molar-refractivity contribution in [1.29, 1.82) is 0 Å². The van der Waals surface area contributed by atoms with Crippen molar-refractivity contribution in [2.45, 2.75) is 26.4 Å². The molecule has 0 bridgehead atoms. The average molecular weight is 321 g/mol. The van der Waals surface area contributed by atoms with Crippen LogP contribution in [0.3, 0.4) is 0 Å². The number of rotatable bonds is 2. The maximum absolute atomic E-state index is 11.9. The molecule has 0 aliphatic carbocycles. The van der Waals surface area contributed by atoms with Crippen molar-refractivity contribution in [3.63, 3.8) is 0 Å². The van der Waals surface area contributed by atoms with E-state index in [-0.39, 0.29) is 31.3 Å². The van der Waals surface area contributed by atoms with Gasteiger partial charge in [0.15, 0.2) is 0 Å². The number of hydrogen-bond acceptors (Lipinski definition) is 3. The summed E-state index contributed by atoms with van der Waals surface area (Å²) in [5, 5.41) is 8.95. The van der Waals surface area contributed by atoms with Crippen molar-refractivity contribution >= 4 is 12.1 Å². The van der Waals surface area contributed by atoms with Gasteiger partial charge in [0.1, 0.15) is 5.60 Å². The van der Waals surface area contributed by atoms with Crippen LogP contribution in [0, 0.1) is 31.6 Å². The molecule has 104 valence electrons. The predicted molar refractivity (Wildman–Crippen MR) is 66.6 cm³/mol. The summed E-state index contributed by atoms with van der Waals surface area (Å²) in [5.74, 6) is -2.06. The summed E-state index contributed by atoms with van der Waals surface area (Å²) < 4.78 is 5.25. The number of carboxylic acid groups (broad SMARTS) is 1. The predicted octanol–water partition coefficient (Wildman–Crippen LogP) is 1.84. The van der Waals surface area contributed by atoms with E-state index in [0.717, 1.165) is 0 Å². The molecule has 0 aromatic rings. The third-order valence-corrected chi connectivity index (χ3v) is 2.98. The third kappa shape index (κ3) is 5.09. The van der Waals surface area contributed by atoms with E-state index in [1.54, 1.807) is 20.8 Å². The Morgan fingerprint density at radius 2 is 1.89 bits per heavy atom. The topological polar surface area (TPSA) is 66.8 Å². The number of aliphatic carboxylic acids is 1. The van der Waals surface area contributed by atoms with E-state index in [0.29, 0.717) is 13.1 Å². The van der Waals surface area contributed by atoms with Crippen molar-refractivity contribution in [2.75, 3.05) is 13.1 Å². The van der Waals surface area contributed by atoms with Crippen molar-refractivity contribution in [2.24, 2.45) is 17.8 Å². The Kier molecular flexibility index (Phi) is 6.47. The van der Waals surface area contributed by atoms with Gasteiger partial charge in [0.25, 0.3) is 5.97 Å². The van der Waals surface area contributed by atoms with Gasteiger partial charge in [-0.25, -0.2) is 4.79 Å². The second-order valence-electron chi connectivity index (χ2n) is 5.75.